The van der Waals surface area contributed by atoms with Gasteiger partial charge in [0.05, 0.1) is 16.7 Å². The first-order valence-electron chi connectivity index (χ1n) is 8.39. The molecule has 4 N–H and O–H groups in total. The Bertz CT molecular complexity index is 908. The first-order valence-corrected chi connectivity index (χ1v) is 9.27. The minimum Gasteiger partial charge on any atom is -0.341 e. The molecule has 28 heavy (non-hydrogen) atoms. The molecular formula is C20H19N5O2S. The second kappa shape index (κ2) is 10.6. The predicted octanol–water partition coefficient (Wildman–Crippen LogP) is 2.33. The van der Waals surface area contributed by atoms with Crippen molar-refractivity contribution in [2.45, 2.75) is 12.5 Å². The van der Waals surface area contributed by atoms with Gasteiger partial charge in [0.2, 0.25) is 5.91 Å². The average molecular weight is 393 g/mol. The van der Waals surface area contributed by atoms with Gasteiger partial charge in [-0.3, -0.25) is 15.0 Å². The zero-order valence-corrected chi connectivity index (χ0v) is 15.8. The van der Waals surface area contributed by atoms with Crippen molar-refractivity contribution in [1.82, 2.24) is 10.6 Å². The molecule has 0 aliphatic rings. The quantitative estimate of drug-likeness (QED) is 0.311. The van der Waals surface area contributed by atoms with E-state index in [1.807, 2.05) is 6.07 Å². The molecule has 0 bridgehead atoms. The Kier molecular flexibility index (Phi) is 7.93. The lowest BCUT2D eigenvalue weighted by atomic mass is 10.0. The summed E-state index contributed by atoms with van der Waals surface area (Å²) in [6.45, 7) is -0.156. The van der Waals surface area contributed by atoms with Gasteiger partial charge in [-0.15, -0.1) is 0 Å². The van der Waals surface area contributed by atoms with E-state index in [1.54, 1.807) is 54.6 Å². The summed E-state index contributed by atoms with van der Waals surface area (Å²) < 4.78 is 0. The minimum atomic E-state index is -0.874. The van der Waals surface area contributed by atoms with Crippen molar-refractivity contribution >= 4 is 34.2 Å². The van der Waals surface area contributed by atoms with Crippen molar-refractivity contribution in [2.75, 3.05) is 6.54 Å². The molecule has 1 unspecified atom stereocenters. The van der Waals surface area contributed by atoms with E-state index < -0.39 is 11.9 Å². The molecule has 0 saturated carbocycles. The highest BCUT2D eigenvalue weighted by Crippen LogP contribution is 2.14. The highest BCUT2D eigenvalue weighted by Gasteiger charge is 2.22. The average Bonchev–Trinajstić information content (AvgIpc) is 2.72. The number of nitrogens with zero attached hydrogens (tertiary/aromatic N) is 1. The number of hydrogen-bond donors (Lipinski definition) is 4. The lowest BCUT2D eigenvalue weighted by Gasteiger charge is -2.18. The molecule has 0 fully saturated rings. The van der Waals surface area contributed by atoms with Crippen LogP contribution in [0.3, 0.4) is 0 Å². The van der Waals surface area contributed by atoms with E-state index in [4.69, 9.17) is 16.1 Å². The Morgan fingerprint density at radius 1 is 1.14 bits per heavy atom. The molecule has 2 aromatic rings. The highest BCUT2D eigenvalue weighted by molar-refractivity contribution is 8.25. The van der Waals surface area contributed by atoms with Crippen LogP contribution >= 0.6 is 11.8 Å². The fourth-order valence-corrected chi connectivity index (χ4v) is 2.87. The molecule has 8 heteroatoms. The summed E-state index contributed by atoms with van der Waals surface area (Å²) in [5, 5.41) is 29.1. The number of thioether (sulfide) groups is 1. The standard InChI is InChI=1S/C20H19N5O2S/c21-9-10-24-20(27)17(25-19(26)15-6-2-1-3-7-15)12-14-5-4-8-16(11-14)18(23)28-13-22/h1-8,11,13,17,22-23H,10,12H2,(H,24,27)(H,25,26). The zero-order valence-electron chi connectivity index (χ0n) is 14.9. The summed E-state index contributed by atoms with van der Waals surface area (Å²) in [4.78, 5) is 24.9. The van der Waals surface area contributed by atoms with E-state index in [-0.39, 0.29) is 23.9 Å². The van der Waals surface area contributed by atoms with Crippen LogP contribution in [-0.2, 0) is 11.2 Å². The van der Waals surface area contributed by atoms with Crippen LogP contribution < -0.4 is 10.6 Å². The number of benzene rings is 2. The van der Waals surface area contributed by atoms with E-state index in [9.17, 15) is 9.59 Å². The summed E-state index contributed by atoms with van der Waals surface area (Å²) in [5.74, 6) is -0.846. The molecule has 142 valence electrons. The Labute approximate surface area is 167 Å². The molecule has 0 radical (unpaired) electrons. The third-order valence-electron chi connectivity index (χ3n) is 3.81. The topological polar surface area (TPSA) is 130 Å². The van der Waals surface area contributed by atoms with Gasteiger partial charge >= 0.3 is 0 Å². The van der Waals surface area contributed by atoms with Crippen LogP contribution in [0.4, 0.5) is 0 Å². The Balaban J connectivity index is 2.20. The van der Waals surface area contributed by atoms with Gasteiger partial charge in [-0.1, -0.05) is 48.2 Å². The van der Waals surface area contributed by atoms with E-state index in [1.165, 1.54) is 0 Å². The van der Waals surface area contributed by atoms with Gasteiger partial charge < -0.3 is 16.0 Å². The number of hydrogen-bond acceptors (Lipinski definition) is 6. The van der Waals surface area contributed by atoms with Gasteiger partial charge in [-0.2, -0.15) is 5.26 Å². The van der Waals surface area contributed by atoms with Crippen LogP contribution in [0.2, 0.25) is 0 Å². The first kappa shape index (κ1) is 20.9. The molecule has 1 atom stereocenters. The van der Waals surface area contributed by atoms with Crippen LogP contribution in [-0.4, -0.2) is 35.0 Å². The van der Waals surface area contributed by atoms with Crippen LogP contribution in [0.25, 0.3) is 0 Å². The summed E-state index contributed by atoms with van der Waals surface area (Å²) >= 11 is 0.977. The predicted molar refractivity (Wildman–Crippen MR) is 110 cm³/mol. The normalized spacial score (nSPS) is 11.0. The maximum atomic E-state index is 12.5. The minimum absolute atomic E-state index is 0.156. The molecule has 2 amide bonds. The van der Waals surface area contributed by atoms with Crippen molar-refractivity contribution in [1.29, 1.82) is 16.1 Å². The van der Waals surface area contributed by atoms with Crippen molar-refractivity contribution in [3.63, 3.8) is 0 Å². The van der Waals surface area contributed by atoms with Crippen LogP contribution in [0.5, 0.6) is 0 Å². The number of amides is 2. The lowest BCUT2D eigenvalue weighted by molar-refractivity contribution is -0.122. The molecule has 0 aliphatic heterocycles. The van der Waals surface area contributed by atoms with Gasteiger partial charge in [-0.05, 0) is 23.8 Å². The Morgan fingerprint density at radius 3 is 2.54 bits per heavy atom. The maximum absolute atomic E-state index is 12.5. The summed E-state index contributed by atoms with van der Waals surface area (Å²) in [6, 6.07) is 16.6. The fourth-order valence-electron chi connectivity index (χ4n) is 2.49. The van der Waals surface area contributed by atoms with Gasteiger partial charge in [0.1, 0.15) is 12.6 Å². The third-order valence-corrected chi connectivity index (χ3v) is 4.39. The molecule has 0 aromatic heterocycles. The monoisotopic (exact) mass is 393 g/mol. The molecule has 2 aromatic carbocycles. The van der Waals surface area contributed by atoms with Crippen LogP contribution in [0.1, 0.15) is 21.5 Å². The fraction of sp³-hybridized carbons (Fsp3) is 0.150. The smallest absolute Gasteiger partial charge is 0.251 e. The summed E-state index contributed by atoms with van der Waals surface area (Å²) in [5.41, 5.74) is 2.88. The second-order valence-electron chi connectivity index (χ2n) is 5.74. The largest absolute Gasteiger partial charge is 0.341 e. The van der Waals surface area contributed by atoms with Crippen molar-refractivity contribution in [3.05, 3.63) is 71.3 Å². The Hall–Kier alpha value is -3.44. The molecule has 2 rings (SSSR count). The number of nitrogens with one attached hydrogen (secondary N) is 4. The summed E-state index contributed by atoms with van der Waals surface area (Å²) in [7, 11) is 0. The highest BCUT2D eigenvalue weighted by atomic mass is 32.2. The second-order valence-corrected chi connectivity index (χ2v) is 6.62. The van der Waals surface area contributed by atoms with E-state index in [0.717, 1.165) is 22.9 Å². The number of nitriles is 1. The first-order chi connectivity index (χ1) is 13.5. The molecule has 0 aliphatic carbocycles. The van der Waals surface area contributed by atoms with Crippen LogP contribution in [0, 0.1) is 22.1 Å². The summed E-state index contributed by atoms with van der Waals surface area (Å²) in [6.07, 6.45) is 0.201. The SMILES string of the molecule is N#CCNC(=O)C(Cc1cccc(C(=N)SC=N)c1)NC(=O)c1ccccc1. The van der Waals surface area contributed by atoms with Gasteiger partial charge in [0.25, 0.3) is 5.91 Å². The molecule has 0 spiro atoms. The van der Waals surface area contributed by atoms with E-state index in [2.05, 4.69) is 10.6 Å². The maximum Gasteiger partial charge on any atom is 0.251 e. The molecule has 7 nitrogen and oxygen atoms in total. The van der Waals surface area contributed by atoms with Crippen LogP contribution in [0.15, 0.2) is 54.6 Å². The van der Waals surface area contributed by atoms with Gasteiger partial charge in [-0.25, -0.2) is 0 Å². The van der Waals surface area contributed by atoms with E-state index >= 15 is 0 Å². The molecule has 0 heterocycles. The number of carbonyl (C=O) groups excluding carboxylic acids is 2. The number of rotatable bonds is 8. The molecule has 0 saturated heterocycles. The molecular weight excluding hydrogens is 374 g/mol. The van der Waals surface area contributed by atoms with E-state index in [0.29, 0.717) is 11.1 Å². The van der Waals surface area contributed by atoms with Crippen molar-refractivity contribution < 1.29 is 9.59 Å². The Morgan fingerprint density at radius 2 is 1.86 bits per heavy atom. The third kappa shape index (κ3) is 6.07. The number of carbonyl (C=O) groups is 2. The zero-order chi connectivity index (χ0) is 20.4. The van der Waals surface area contributed by atoms with Crippen molar-refractivity contribution in [2.24, 2.45) is 0 Å². The van der Waals surface area contributed by atoms with Gasteiger partial charge in [0, 0.05) is 17.5 Å². The van der Waals surface area contributed by atoms with Crippen molar-refractivity contribution in [3.8, 4) is 6.07 Å². The lowest BCUT2D eigenvalue weighted by Crippen LogP contribution is -2.48. The van der Waals surface area contributed by atoms with Gasteiger partial charge in [0.15, 0.2) is 0 Å².